The van der Waals surface area contributed by atoms with E-state index < -0.39 is 0 Å². The number of nitrogens with one attached hydrogen (secondary N) is 1. The van der Waals surface area contributed by atoms with Crippen LogP contribution in [-0.2, 0) is 9.59 Å². The molecule has 0 radical (unpaired) electrons. The third-order valence-electron chi connectivity index (χ3n) is 2.66. The fourth-order valence-corrected chi connectivity index (χ4v) is 1.64. The summed E-state index contributed by atoms with van der Waals surface area (Å²) in [6.45, 7) is 10.1. The number of ketones is 1. The molecule has 0 spiro atoms. The average molecular weight is 272 g/mol. The lowest BCUT2D eigenvalue weighted by molar-refractivity contribution is -0.119. The Morgan fingerprint density at radius 3 is 1.95 bits per heavy atom. The maximum absolute atomic E-state index is 10.7. The summed E-state index contributed by atoms with van der Waals surface area (Å²) in [5.74, 6) is 0.325. The quantitative estimate of drug-likeness (QED) is 0.622. The van der Waals surface area contributed by atoms with Crippen molar-refractivity contribution in [2.45, 2.75) is 59.8 Å². The largest absolute Gasteiger partial charge is 0.356 e. The van der Waals surface area contributed by atoms with Gasteiger partial charge in [0.2, 0.25) is 5.91 Å². The number of carbonyl (C=O) groups excluding carboxylic acids is 2. The van der Waals surface area contributed by atoms with Crippen LogP contribution in [0, 0.1) is 0 Å². The van der Waals surface area contributed by atoms with Gasteiger partial charge in [-0.15, -0.1) is 0 Å². The molecule has 0 atom stereocenters. The van der Waals surface area contributed by atoms with E-state index in [4.69, 9.17) is 0 Å². The molecular formula is C15H32N2O2. The standard InChI is InChI=1S/C13H26N2O2.C2H6/c1-12(16)8-4-6-10-15(3)11-7-5-9-14-13(2)17;1-2/h4-11H2,1-3H3,(H,14,17);1-2H3. The zero-order chi connectivity index (χ0) is 15.1. The maximum atomic E-state index is 10.7. The van der Waals surface area contributed by atoms with Crippen LogP contribution in [0.4, 0.5) is 0 Å². The summed E-state index contributed by atoms with van der Waals surface area (Å²) in [6.07, 6.45) is 4.91. The van der Waals surface area contributed by atoms with Crippen LogP contribution < -0.4 is 5.32 Å². The molecule has 19 heavy (non-hydrogen) atoms. The molecule has 0 aromatic heterocycles. The van der Waals surface area contributed by atoms with E-state index >= 15 is 0 Å². The van der Waals surface area contributed by atoms with E-state index in [1.54, 1.807) is 13.8 Å². The molecule has 0 aromatic carbocycles. The molecule has 0 aliphatic rings. The monoisotopic (exact) mass is 272 g/mol. The molecule has 0 aliphatic heterocycles. The summed E-state index contributed by atoms with van der Waals surface area (Å²) in [5, 5.41) is 2.79. The van der Waals surface area contributed by atoms with E-state index in [2.05, 4.69) is 17.3 Å². The molecule has 114 valence electrons. The highest BCUT2D eigenvalue weighted by atomic mass is 16.1. The Balaban J connectivity index is 0. The van der Waals surface area contributed by atoms with Crippen molar-refractivity contribution in [1.29, 1.82) is 0 Å². The highest BCUT2D eigenvalue weighted by molar-refractivity contribution is 5.75. The van der Waals surface area contributed by atoms with Crippen LogP contribution >= 0.6 is 0 Å². The van der Waals surface area contributed by atoms with Gasteiger partial charge in [0.25, 0.3) is 0 Å². The second-order valence-electron chi connectivity index (χ2n) is 4.65. The highest BCUT2D eigenvalue weighted by Crippen LogP contribution is 1.99. The van der Waals surface area contributed by atoms with Gasteiger partial charge in [0.05, 0.1) is 0 Å². The van der Waals surface area contributed by atoms with Gasteiger partial charge in [0.1, 0.15) is 5.78 Å². The van der Waals surface area contributed by atoms with Gasteiger partial charge in [-0.1, -0.05) is 13.8 Å². The van der Waals surface area contributed by atoms with Crippen LogP contribution in [0.2, 0.25) is 0 Å². The normalized spacial score (nSPS) is 9.79. The van der Waals surface area contributed by atoms with Crippen molar-refractivity contribution in [3.8, 4) is 0 Å². The lowest BCUT2D eigenvalue weighted by Gasteiger charge is -2.16. The van der Waals surface area contributed by atoms with E-state index in [1.807, 2.05) is 13.8 Å². The zero-order valence-corrected chi connectivity index (χ0v) is 13.4. The Morgan fingerprint density at radius 2 is 1.47 bits per heavy atom. The van der Waals surface area contributed by atoms with E-state index in [0.717, 1.165) is 45.3 Å². The van der Waals surface area contributed by atoms with Gasteiger partial charge in [-0.25, -0.2) is 0 Å². The SMILES string of the molecule is CC.CC(=O)CCCCN(C)CCCCNC(C)=O. The van der Waals surface area contributed by atoms with Crippen LogP contribution in [-0.4, -0.2) is 43.3 Å². The number of hydrogen-bond donors (Lipinski definition) is 1. The fraction of sp³-hybridized carbons (Fsp3) is 0.867. The molecule has 0 saturated carbocycles. The van der Waals surface area contributed by atoms with Gasteiger partial charge in [-0.2, -0.15) is 0 Å². The molecule has 4 heteroatoms. The number of amides is 1. The second kappa shape index (κ2) is 15.2. The average Bonchev–Trinajstić information content (AvgIpc) is 2.36. The van der Waals surface area contributed by atoms with Gasteiger partial charge < -0.3 is 15.0 Å². The number of hydrogen-bond acceptors (Lipinski definition) is 3. The lowest BCUT2D eigenvalue weighted by Crippen LogP contribution is -2.24. The number of Topliss-reactive ketones (excluding diaryl/α,β-unsaturated/α-hetero) is 1. The van der Waals surface area contributed by atoms with E-state index in [0.29, 0.717) is 6.42 Å². The molecule has 0 saturated heterocycles. The first-order valence-electron chi connectivity index (χ1n) is 7.45. The summed E-state index contributed by atoms with van der Waals surface area (Å²) in [5.41, 5.74) is 0. The van der Waals surface area contributed by atoms with Gasteiger partial charge in [-0.3, -0.25) is 4.79 Å². The Kier molecular flexibility index (Phi) is 16.3. The highest BCUT2D eigenvalue weighted by Gasteiger charge is 1.99. The zero-order valence-electron chi connectivity index (χ0n) is 13.4. The molecule has 0 rings (SSSR count). The van der Waals surface area contributed by atoms with Crippen LogP contribution in [0.1, 0.15) is 59.8 Å². The third-order valence-corrected chi connectivity index (χ3v) is 2.66. The summed E-state index contributed by atoms with van der Waals surface area (Å²) >= 11 is 0. The molecule has 0 unspecified atom stereocenters. The van der Waals surface area contributed by atoms with E-state index in [1.165, 1.54) is 0 Å². The lowest BCUT2D eigenvalue weighted by atomic mass is 10.2. The summed E-state index contributed by atoms with van der Waals surface area (Å²) in [7, 11) is 2.10. The predicted molar refractivity (Wildman–Crippen MR) is 81.3 cm³/mol. The molecule has 0 heterocycles. The van der Waals surface area contributed by atoms with Gasteiger partial charge in [0.15, 0.2) is 0 Å². The maximum Gasteiger partial charge on any atom is 0.216 e. The summed E-state index contributed by atoms with van der Waals surface area (Å²) < 4.78 is 0. The molecule has 1 amide bonds. The predicted octanol–water partition coefficient (Wildman–Crippen LogP) is 2.62. The smallest absolute Gasteiger partial charge is 0.216 e. The van der Waals surface area contributed by atoms with Crippen molar-refractivity contribution in [2.24, 2.45) is 0 Å². The minimum absolute atomic E-state index is 0.0441. The minimum atomic E-state index is 0.0441. The van der Waals surface area contributed by atoms with Crippen molar-refractivity contribution in [3.05, 3.63) is 0 Å². The summed E-state index contributed by atoms with van der Waals surface area (Å²) in [4.78, 5) is 23.6. The first kappa shape index (κ1) is 20.4. The Morgan fingerprint density at radius 1 is 0.947 bits per heavy atom. The Labute approximate surface area is 118 Å². The van der Waals surface area contributed by atoms with Crippen molar-refractivity contribution >= 4 is 11.7 Å². The topological polar surface area (TPSA) is 49.4 Å². The number of unbranched alkanes of at least 4 members (excludes halogenated alkanes) is 2. The first-order chi connectivity index (χ1) is 9.02. The molecular weight excluding hydrogens is 240 g/mol. The van der Waals surface area contributed by atoms with Crippen LogP contribution in [0.25, 0.3) is 0 Å². The number of rotatable bonds is 10. The van der Waals surface area contributed by atoms with Gasteiger partial charge in [-0.05, 0) is 52.7 Å². The Hall–Kier alpha value is -0.900. The van der Waals surface area contributed by atoms with E-state index in [9.17, 15) is 9.59 Å². The minimum Gasteiger partial charge on any atom is -0.356 e. The van der Waals surface area contributed by atoms with Crippen molar-refractivity contribution < 1.29 is 9.59 Å². The number of nitrogens with zero attached hydrogens (tertiary/aromatic N) is 1. The Bertz CT molecular complexity index is 230. The molecule has 0 bridgehead atoms. The molecule has 0 aliphatic carbocycles. The second-order valence-corrected chi connectivity index (χ2v) is 4.65. The number of carbonyl (C=O) groups is 2. The van der Waals surface area contributed by atoms with Gasteiger partial charge >= 0.3 is 0 Å². The summed E-state index contributed by atoms with van der Waals surface area (Å²) in [6, 6.07) is 0. The molecule has 4 nitrogen and oxygen atoms in total. The van der Waals surface area contributed by atoms with E-state index in [-0.39, 0.29) is 11.7 Å². The van der Waals surface area contributed by atoms with Crippen LogP contribution in [0.15, 0.2) is 0 Å². The first-order valence-corrected chi connectivity index (χ1v) is 7.45. The van der Waals surface area contributed by atoms with Crippen LogP contribution in [0.5, 0.6) is 0 Å². The molecule has 1 N–H and O–H groups in total. The van der Waals surface area contributed by atoms with Gasteiger partial charge in [0, 0.05) is 19.9 Å². The molecule has 0 aromatic rings. The van der Waals surface area contributed by atoms with Crippen molar-refractivity contribution in [1.82, 2.24) is 10.2 Å². The molecule has 0 fully saturated rings. The fourth-order valence-electron chi connectivity index (χ4n) is 1.64. The van der Waals surface area contributed by atoms with Crippen molar-refractivity contribution in [3.63, 3.8) is 0 Å². The third kappa shape index (κ3) is 19.6. The van der Waals surface area contributed by atoms with Crippen LogP contribution in [0.3, 0.4) is 0 Å². The van der Waals surface area contributed by atoms with Crippen molar-refractivity contribution in [2.75, 3.05) is 26.7 Å².